The Labute approximate surface area is 84.3 Å². The standard InChI is InChI=1S/C12H16FN/c1-8-5-9(3-4-12(8)13)11-6-10(11)7-14-2/h3-5,10-11,14H,6-7H2,1-2H3. The molecule has 0 heterocycles. The molecule has 0 bridgehead atoms. The maximum atomic E-state index is 13.0. The maximum Gasteiger partial charge on any atom is 0.126 e. The highest BCUT2D eigenvalue weighted by atomic mass is 19.1. The van der Waals surface area contributed by atoms with Gasteiger partial charge in [0.2, 0.25) is 0 Å². The molecule has 1 aliphatic rings. The van der Waals surface area contributed by atoms with Crippen LogP contribution in [0, 0.1) is 18.7 Å². The summed E-state index contributed by atoms with van der Waals surface area (Å²) in [7, 11) is 1.98. The van der Waals surface area contributed by atoms with Gasteiger partial charge in [0.1, 0.15) is 5.82 Å². The van der Waals surface area contributed by atoms with Crippen molar-refractivity contribution in [3.63, 3.8) is 0 Å². The Morgan fingerprint density at radius 3 is 2.93 bits per heavy atom. The van der Waals surface area contributed by atoms with Crippen LogP contribution in [0.2, 0.25) is 0 Å². The smallest absolute Gasteiger partial charge is 0.126 e. The van der Waals surface area contributed by atoms with Crippen molar-refractivity contribution in [1.82, 2.24) is 5.32 Å². The van der Waals surface area contributed by atoms with Crippen molar-refractivity contribution in [3.05, 3.63) is 35.1 Å². The van der Waals surface area contributed by atoms with Crippen LogP contribution in [0.5, 0.6) is 0 Å². The van der Waals surface area contributed by atoms with E-state index in [-0.39, 0.29) is 5.82 Å². The number of benzene rings is 1. The van der Waals surface area contributed by atoms with Crippen LogP contribution >= 0.6 is 0 Å². The molecule has 0 saturated heterocycles. The Bertz CT molecular complexity index is 335. The van der Waals surface area contributed by atoms with Crippen molar-refractivity contribution < 1.29 is 4.39 Å². The molecule has 0 aromatic heterocycles. The lowest BCUT2D eigenvalue weighted by molar-refractivity contribution is 0.617. The summed E-state index contributed by atoms with van der Waals surface area (Å²) in [5.41, 5.74) is 2.06. The molecule has 2 heteroatoms. The molecule has 1 fully saturated rings. The molecule has 76 valence electrons. The third kappa shape index (κ3) is 1.80. The molecule has 2 rings (SSSR count). The highest BCUT2D eigenvalue weighted by molar-refractivity contribution is 5.30. The molecular weight excluding hydrogens is 177 g/mol. The van der Waals surface area contributed by atoms with Crippen molar-refractivity contribution in [2.45, 2.75) is 19.3 Å². The zero-order chi connectivity index (χ0) is 10.1. The lowest BCUT2D eigenvalue weighted by Gasteiger charge is -2.02. The van der Waals surface area contributed by atoms with E-state index in [1.807, 2.05) is 26.1 Å². The zero-order valence-electron chi connectivity index (χ0n) is 8.68. The van der Waals surface area contributed by atoms with Crippen LogP contribution in [0.1, 0.15) is 23.5 Å². The van der Waals surface area contributed by atoms with Gasteiger partial charge in [-0.2, -0.15) is 0 Å². The fourth-order valence-electron chi connectivity index (χ4n) is 2.04. The van der Waals surface area contributed by atoms with E-state index in [0.717, 1.165) is 18.0 Å². The Morgan fingerprint density at radius 2 is 2.29 bits per heavy atom. The minimum absolute atomic E-state index is 0.0976. The highest BCUT2D eigenvalue weighted by Crippen LogP contribution is 2.47. The molecule has 0 amide bonds. The number of nitrogens with one attached hydrogen (secondary N) is 1. The fraction of sp³-hybridized carbons (Fsp3) is 0.500. The van der Waals surface area contributed by atoms with Crippen molar-refractivity contribution >= 4 is 0 Å². The first-order valence-electron chi connectivity index (χ1n) is 5.13. The van der Waals surface area contributed by atoms with Crippen LogP contribution < -0.4 is 5.32 Å². The minimum Gasteiger partial charge on any atom is -0.319 e. The Kier molecular flexibility index (Phi) is 2.55. The van der Waals surface area contributed by atoms with Gasteiger partial charge in [-0.25, -0.2) is 4.39 Å². The van der Waals surface area contributed by atoms with Crippen LogP contribution in [0.3, 0.4) is 0 Å². The van der Waals surface area contributed by atoms with Gasteiger partial charge in [-0.15, -0.1) is 0 Å². The molecule has 1 saturated carbocycles. The van der Waals surface area contributed by atoms with Gasteiger partial charge in [0.25, 0.3) is 0 Å². The normalized spacial score (nSPS) is 25.1. The maximum absolute atomic E-state index is 13.0. The molecule has 1 aliphatic carbocycles. The van der Waals surface area contributed by atoms with Gasteiger partial charge in [0.15, 0.2) is 0 Å². The predicted molar refractivity (Wildman–Crippen MR) is 55.9 cm³/mol. The first-order valence-corrected chi connectivity index (χ1v) is 5.13. The second-order valence-electron chi connectivity index (χ2n) is 4.17. The quantitative estimate of drug-likeness (QED) is 0.777. The molecule has 0 aliphatic heterocycles. The largest absolute Gasteiger partial charge is 0.319 e. The van der Waals surface area contributed by atoms with Crippen LogP contribution in [0.15, 0.2) is 18.2 Å². The van der Waals surface area contributed by atoms with Crippen LogP contribution in [-0.4, -0.2) is 13.6 Å². The number of hydrogen-bond donors (Lipinski definition) is 1. The van der Waals surface area contributed by atoms with Gasteiger partial charge in [-0.05, 0) is 56.0 Å². The fourth-order valence-corrected chi connectivity index (χ4v) is 2.04. The first-order chi connectivity index (χ1) is 6.72. The lowest BCUT2D eigenvalue weighted by atomic mass is 10.1. The monoisotopic (exact) mass is 193 g/mol. The summed E-state index contributed by atoms with van der Waals surface area (Å²) < 4.78 is 13.0. The van der Waals surface area contributed by atoms with E-state index in [4.69, 9.17) is 0 Å². The highest BCUT2D eigenvalue weighted by Gasteiger charge is 2.37. The SMILES string of the molecule is CNCC1CC1c1ccc(F)c(C)c1. The summed E-state index contributed by atoms with van der Waals surface area (Å²) in [5, 5.41) is 3.18. The number of aryl methyl sites for hydroxylation is 1. The molecule has 1 aromatic carbocycles. The van der Waals surface area contributed by atoms with Gasteiger partial charge in [-0.1, -0.05) is 12.1 Å². The summed E-state index contributed by atoms with van der Waals surface area (Å²) in [5.74, 6) is 1.31. The van der Waals surface area contributed by atoms with Gasteiger partial charge in [0.05, 0.1) is 0 Å². The molecule has 1 N–H and O–H groups in total. The number of hydrogen-bond acceptors (Lipinski definition) is 1. The molecular formula is C12H16FN. The van der Waals surface area contributed by atoms with E-state index in [1.165, 1.54) is 12.0 Å². The first kappa shape index (κ1) is 9.66. The van der Waals surface area contributed by atoms with E-state index in [9.17, 15) is 4.39 Å². The van der Waals surface area contributed by atoms with Gasteiger partial charge in [-0.3, -0.25) is 0 Å². The van der Waals surface area contributed by atoms with Gasteiger partial charge in [0, 0.05) is 0 Å². The Morgan fingerprint density at radius 1 is 1.50 bits per heavy atom. The molecule has 2 unspecified atom stereocenters. The van der Waals surface area contributed by atoms with Gasteiger partial charge < -0.3 is 5.32 Å². The summed E-state index contributed by atoms with van der Waals surface area (Å²) in [6.45, 7) is 2.90. The number of halogens is 1. The predicted octanol–water partition coefficient (Wildman–Crippen LogP) is 2.46. The van der Waals surface area contributed by atoms with E-state index in [1.54, 1.807) is 6.07 Å². The Hall–Kier alpha value is -0.890. The lowest BCUT2D eigenvalue weighted by Crippen LogP contribution is -2.10. The summed E-state index contributed by atoms with van der Waals surface area (Å²) in [6, 6.07) is 5.48. The van der Waals surface area contributed by atoms with E-state index in [2.05, 4.69) is 5.32 Å². The second kappa shape index (κ2) is 3.70. The average Bonchev–Trinajstić information content (AvgIpc) is 2.90. The molecule has 1 aromatic rings. The molecule has 2 atom stereocenters. The van der Waals surface area contributed by atoms with E-state index in [0.29, 0.717) is 5.92 Å². The number of rotatable bonds is 3. The summed E-state index contributed by atoms with van der Waals surface area (Å²) in [4.78, 5) is 0. The molecule has 1 nitrogen and oxygen atoms in total. The van der Waals surface area contributed by atoms with Crippen molar-refractivity contribution in [2.24, 2.45) is 5.92 Å². The zero-order valence-corrected chi connectivity index (χ0v) is 8.68. The summed E-state index contributed by atoms with van der Waals surface area (Å²) >= 11 is 0. The van der Waals surface area contributed by atoms with Crippen LogP contribution in [0.4, 0.5) is 4.39 Å². The summed E-state index contributed by atoms with van der Waals surface area (Å²) in [6.07, 6.45) is 1.24. The third-order valence-corrected chi connectivity index (χ3v) is 3.00. The van der Waals surface area contributed by atoms with Crippen molar-refractivity contribution in [3.8, 4) is 0 Å². The third-order valence-electron chi connectivity index (χ3n) is 3.00. The average molecular weight is 193 g/mol. The molecule has 0 radical (unpaired) electrons. The Balaban J connectivity index is 2.08. The van der Waals surface area contributed by atoms with Gasteiger partial charge >= 0.3 is 0 Å². The van der Waals surface area contributed by atoms with Crippen molar-refractivity contribution in [1.29, 1.82) is 0 Å². The molecule has 0 spiro atoms. The van der Waals surface area contributed by atoms with Crippen LogP contribution in [-0.2, 0) is 0 Å². The minimum atomic E-state index is -0.0976. The second-order valence-corrected chi connectivity index (χ2v) is 4.17. The topological polar surface area (TPSA) is 12.0 Å². The van der Waals surface area contributed by atoms with E-state index < -0.39 is 0 Å². The van der Waals surface area contributed by atoms with Crippen LogP contribution in [0.25, 0.3) is 0 Å². The van der Waals surface area contributed by atoms with E-state index >= 15 is 0 Å². The molecule has 14 heavy (non-hydrogen) atoms. The van der Waals surface area contributed by atoms with Crippen molar-refractivity contribution in [2.75, 3.05) is 13.6 Å².